The van der Waals surface area contributed by atoms with Crippen molar-refractivity contribution in [2.24, 2.45) is 5.92 Å². The third kappa shape index (κ3) is 0.978. The minimum absolute atomic E-state index is 0.121. The number of rotatable bonds is 0. The Hall–Kier alpha value is -0.670. The molecule has 0 aliphatic carbocycles. The van der Waals surface area contributed by atoms with Crippen LogP contribution in [0.25, 0.3) is 0 Å². The van der Waals surface area contributed by atoms with Gasteiger partial charge in [0.15, 0.2) is 0 Å². The van der Waals surface area contributed by atoms with Gasteiger partial charge in [0.05, 0.1) is 6.61 Å². The van der Waals surface area contributed by atoms with Crippen LogP contribution in [0.2, 0.25) is 0 Å². The molecular formula is C6H8F2O2. The molecule has 1 aliphatic heterocycles. The minimum atomic E-state index is -3.27. The molecule has 10 heavy (non-hydrogen) atoms. The first kappa shape index (κ1) is 7.44. The van der Waals surface area contributed by atoms with Crippen LogP contribution in [-0.4, -0.2) is 18.5 Å². The summed E-state index contributed by atoms with van der Waals surface area (Å²) in [5, 5.41) is 0. The van der Waals surface area contributed by atoms with Gasteiger partial charge in [-0.05, 0) is 6.42 Å². The van der Waals surface area contributed by atoms with Gasteiger partial charge in [0, 0.05) is 5.92 Å². The van der Waals surface area contributed by atoms with Gasteiger partial charge < -0.3 is 4.74 Å². The van der Waals surface area contributed by atoms with Crippen molar-refractivity contribution in [3.05, 3.63) is 0 Å². The Morgan fingerprint density at radius 3 is 2.70 bits per heavy atom. The fraction of sp³-hybridized carbons (Fsp3) is 0.833. The van der Waals surface area contributed by atoms with Gasteiger partial charge in [-0.3, -0.25) is 0 Å². The Balaban J connectivity index is 2.73. The average Bonchev–Trinajstić information content (AvgIpc) is 1.84. The zero-order valence-electron chi connectivity index (χ0n) is 5.56. The van der Waals surface area contributed by atoms with E-state index in [4.69, 9.17) is 0 Å². The molecule has 0 aromatic heterocycles. The molecule has 0 N–H and O–H groups in total. The van der Waals surface area contributed by atoms with Crippen LogP contribution in [0.3, 0.4) is 0 Å². The summed E-state index contributed by atoms with van der Waals surface area (Å²) in [5.74, 6) is -5.53. The summed E-state index contributed by atoms with van der Waals surface area (Å²) in [6, 6.07) is 0. The first-order valence-electron chi connectivity index (χ1n) is 3.10. The zero-order chi connectivity index (χ0) is 7.78. The van der Waals surface area contributed by atoms with E-state index in [2.05, 4.69) is 4.74 Å². The standard InChI is InChI=1S/C6H8F2O2/c1-4-2-3-10-5(9)6(4,7)8/h4H,2-3H2,1H3. The summed E-state index contributed by atoms with van der Waals surface area (Å²) in [7, 11) is 0. The fourth-order valence-electron chi connectivity index (χ4n) is 0.807. The molecule has 1 saturated heterocycles. The van der Waals surface area contributed by atoms with Crippen LogP contribution in [0, 0.1) is 5.92 Å². The highest BCUT2D eigenvalue weighted by molar-refractivity contribution is 5.78. The Kier molecular flexibility index (Phi) is 1.62. The zero-order valence-corrected chi connectivity index (χ0v) is 5.56. The molecule has 0 bridgehead atoms. The molecule has 4 heteroatoms. The largest absolute Gasteiger partial charge is 0.461 e. The minimum Gasteiger partial charge on any atom is -0.461 e. The van der Waals surface area contributed by atoms with Crippen LogP contribution >= 0.6 is 0 Å². The van der Waals surface area contributed by atoms with Crippen molar-refractivity contribution in [1.82, 2.24) is 0 Å². The maximum absolute atomic E-state index is 12.5. The van der Waals surface area contributed by atoms with E-state index in [0.717, 1.165) is 0 Å². The predicted molar refractivity (Wildman–Crippen MR) is 29.7 cm³/mol. The Labute approximate surface area is 57.2 Å². The number of ether oxygens (including phenoxy) is 1. The maximum atomic E-state index is 12.5. The number of carbonyl (C=O) groups is 1. The molecule has 1 fully saturated rings. The highest BCUT2D eigenvalue weighted by Crippen LogP contribution is 2.31. The van der Waals surface area contributed by atoms with Gasteiger partial charge in [0.2, 0.25) is 0 Å². The highest BCUT2D eigenvalue weighted by atomic mass is 19.3. The van der Waals surface area contributed by atoms with Crippen molar-refractivity contribution < 1.29 is 18.3 Å². The summed E-state index contributed by atoms with van der Waals surface area (Å²) >= 11 is 0. The van der Waals surface area contributed by atoms with Crippen LogP contribution in [0.5, 0.6) is 0 Å². The van der Waals surface area contributed by atoms with Crippen molar-refractivity contribution >= 4 is 5.97 Å². The number of alkyl halides is 2. The van der Waals surface area contributed by atoms with Gasteiger partial charge in [0.25, 0.3) is 0 Å². The van der Waals surface area contributed by atoms with Gasteiger partial charge in [-0.1, -0.05) is 6.92 Å². The number of esters is 1. The summed E-state index contributed by atoms with van der Waals surface area (Å²) in [6.45, 7) is 1.47. The fourth-order valence-corrected chi connectivity index (χ4v) is 0.807. The first-order valence-corrected chi connectivity index (χ1v) is 3.10. The maximum Gasteiger partial charge on any atom is 0.377 e. The molecule has 0 radical (unpaired) electrons. The molecule has 0 aromatic carbocycles. The monoisotopic (exact) mass is 150 g/mol. The number of carbonyl (C=O) groups excluding carboxylic acids is 1. The van der Waals surface area contributed by atoms with E-state index >= 15 is 0 Å². The van der Waals surface area contributed by atoms with Crippen molar-refractivity contribution in [3.63, 3.8) is 0 Å². The second-order valence-electron chi connectivity index (χ2n) is 2.45. The van der Waals surface area contributed by atoms with Gasteiger partial charge in [0.1, 0.15) is 0 Å². The molecule has 0 saturated carbocycles. The Morgan fingerprint density at radius 2 is 2.30 bits per heavy atom. The number of hydrogen-bond donors (Lipinski definition) is 0. The molecule has 0 amide bonds. The quantitative estimate of drug-likeness (QED) is 0.485. The molecule has 1 atom stereocenters. The van der Waals surface area contributed by atoms with Crippen molar-refractivity contribution in [3.8, 4) is 0 Å². The van der Waals surface area contributed by atoms with Gasteiger partial charge in [-0.15, -0.1) is 0 Å². The lowest BCUT2D eigenvalue weighted by molar-refractivity contribution is -0.190. The summed E-state index contributed by atoms with van der Waals surface area (Å²) in [5.41, 5.74) is 0. The van der Waals surface area contributed by atoms with E-state index in [1.807, 2.05) is 0 Å². The van der Waals surface area contributed by atoms with E-state index in [1.54, 1.807) is 0 Å². The van der Waals surface area contributed by atoms with E-state index in [-0.39, 0.29) is 13.0 Å². The smallest absolute Gasteiger partial charge is 0.377 e. The number of cyclic esters (lactones) is 1. The molecule has 1 heterocycles. The normalized spacial score (nSPS) is 31.5. The molecule has 2 nitrogen and oxygen atoms in total. The number of halogens is 2. The predicted octanol–water partition coefficient (Wildman–Crippen LogP) is 1.20. The summed E-state index contributed by atoms with van der Waals surface area (Å²) in [4.78, 5) is 10.4. The lowest BCUT2D eigenvalue weighted by Crippen LogP contribution is -2.42. The van der Waals surface area contributed by atoms with Crippen molar-refractivity contribution in [1.29, 1.82) is 0 Å². The van der Waals surface area contributed by atoms with Crippen LogP contribution in [0.15, 0.2) is 0 Å². The van der Waals surface area contributed by atoms with Crippen molar-refractivity contribution in [2.45, 2.75) is 19.3 Å². The number of hydrogen-bond acceptors (Lipinski definition) is 2. The van der Waals surface area contributed by atoms with Gasteiger partial charge in [-0.2, -0.15) is 8.78 Å². The lowest BCUT2D eigenvalue weighted by atomic mass is 9.98. The van der Waals surface area contributed by atoms with E-state index in [1.165, 1.54) is 6.92 Å². The van der Waals surface area contributed by atoms with E-state index < -0.39 is 17.8 Å². The first-order chi connectivity index (χ1) is 4.55. The average molecular weight is 150 g/mol. The Morgan fingerprint density at radius 1 is 1.70 bits per heavy atom. The van der Waals surface area contributed by atoms with Crippen LogP contribution in [0.1, 0.15) is 13.3 Å². The second kappa shape index (κ2) is 2.18. The summed E-state index contributed by atoms with van der Waals surface area (Å²) < 4.78 is 29.2. The lowest BCUT2D eigenvalue weighted by Gasteiger charge is -2.26. The van der Waals surface area contributed by atoms with Gasteiger partial charge >= 0.3 is 11.9 Å². The second-order valence-corrected chi connectivity index (χ2v) is 2.45. The van der Waals surface area contributed by atoms with Crippen LogP contribution < -0.4 is 0 Å². The summed E-state index contributed by atoms with van der Waals surface area (Å²) in [6.07, 6.45) is 0.249. The van der Waals surface area contributed by atoms with E-state index in [9.17, 15) is 13.6 Å². The molecule has 1 unspecified atom stereocenters. The molecule has 0 spiro atoms. The van der Waals surface area contributed by atoms with Crippen LogP contribution in [-0.2, 0) is 9.53 Å². The molecule has 1 aliphatic rings. The molecular weight excluding hydrogens is 142 g/mol. The topological polar surface area (TPSA) is 26.3 Å². The molecule has 1 rings (SSSR count). The third-order valence-electron chi connectivity index (χ3n) is 1.68. The van der Waals surface area contributed by atoms with Crippen LogP contribution in [0.4, 0.5) is 8.78 Å². The third-order valence-corrected chi connectivity index (χ3v) is 1.68. The van der Waals surface area contributed by atoms with E-state index in [0.29, 0.717) is 0 Å². The van der Waals surface area contributed by atoms with Crippen molar-refractivity contribution in [2.75, 3.05) is 6.61 Å². The SMILES string of the molecule is CC1CCOC(=O)C1(F)F. The highest BCUT2D eigenvalue weighted by Gasteiger charge is 2.48. The molecule has 58 valence electrons. The van der Waals surface area contributed by atoms with Gasteiger partial charge in [-0.25, -0.2) is 4.79 Å². The Bertz CT molecular complexity index is 156. The molecule has 0 aromatic rings.